The zero-order valence-corrected chi connectivity index (χ0v) is 31.4. The number of hydrogen-bond acceptors (Lipinski definition) is 2. The minimum Gasteiger partial charge on any atom is -0.309 e. The first-order chi connectivity index (χ1) is 28.8. The van der Waals surface area contributed by atoms with Crippen LogP contribution in [0.4, 0.5) is 0 Å². The van der Waals surface area contributed by atoms with Crippen molar-refractivity contribution in [3.63, 3.8) is 0 Å². The van der Waals surface area contributed by atoms with Gasteiger partial charge >= 0.3 is 0 Å². The van der Waals surface area contributed by atoms with E-state index in [-0.39, 0.29) is 0 Å². The van der Waals surface area contributed by atoms with E-state index in [2.05, 4.69) is 203 Å². The third-order valence-corrected chi connectivity index (χ3v) is 11.7. The standard InChI is InChI=1S/C54H34N4/c1-4-16-35(17-5-1)36-28-30-38(31-29-36)53-54(56-47-26-14-13-25-46(47)55-53)58-48-27-15-12-23-41(48)44-32-45-50(34-49(44)58)57(39-20-8-3-9-21-39)51-33-43(37-18-6-2-7-19-37)40-22-10-11-24-42(40)52(45)51/h1-34H. The van der Waals surface area contributed by atoms with Crippen LogP contribution in [0.25, 0.3) is 110 Å². The van der Waals surface area contributed by atoms with Crippen LogP contribution >= 0.6 is 0 Å². The fourth-order valence-corrected chi connectivity index (χ4v) is 9.07. The first-order valence-electron chi connectivity index (χ1n) is 19.8. The quantitative estimate of drug-likeness (QED) is 0.176. The second kappa shape index (κ2) is 12.9. The zero-order valence-electron chi connectivity index (χ0n) is 31.4. The van der Waals surface area contributed by atoms with Crippen LogP contribution in [-0.2, 0) is 0 Å². The molecule has 4 nitrogen and oxygen atoms in total. The van der Waals surface area contributed by atoms with Crippen molar-refractivity contribution in [1.82, 2.24) is 19.1 Å². The third kappa shape index (κ3) is 4.95. The van der Waals surface area contributed by atoms with Crippen LogP contribution < -0.4 is 0 Å². The average molecular weight is 739 g/mol. The predicted molar refractivity (Wildman–Crippen MR) is 242 cm³/mol. The Morgan fingerprint density at radius 1 is 0.310 bits per heavy atom. The van der Waals surface area contributed by atoms with Gasteiger partial charge in [-0.05, 0) is 81.6 Å². The molecule has 0 aliphatic rings. The second-order valence-corrected chi connectivity index (χ2v) is 15.0. The van der Waals surface area contributed by atoms with Crippen LogP contribution in [-0.4, -0.2) is 19.1 Å². The summed E-state index contributed by atoms with van der Waals surface area (Å²) in [5, 5.41) is 7.29. The maximum atomic E-state index is 5.46. The normalized spacial score (nSPS) is 11.8. The lowest BCUT2D eigenvalue weighted by Gasteiger charge is -2.14. The lowest BCUT2D eigenvalue weighted by molar-refractivity contribution is 1.08. The summed E-state index contributed by atoms with van der Waals surface area (Å²) >= 11 is 0. The van der Waals surface area contributed by atoms with E-state index in [4.69, 9.17) is 9.97 Å². The summed E-state index contributed by atoms with van der Waals surface area (Å²) < 4.78 is 4.78. The molecule has 0 atom stereocenters. The van der Waals surface area contributed by atoms with Crippen molar-refractivity contribution < 1.29 is 0 Å². The number of fused-ring (bicyclic) bond motifs is 9. The number of hydrogen-bond donors (Lipinski definition) is 0. The summed E-state index contributed by atoms with van der Waals surface area (Å²) in [5.74, 6) is 0.802. The fraction of sp³-hybridized carbons (Fsp3) is 0. The summed E-state index contributed by atoms with van der Waals surface area (Å²) in [6.45, 7) is 0. The lowest BCUT2D eigenvalue weighted by atomic mass is 9.94. The van der Waals surface area contributed by atoms with Crippen molar-refractivity contribution in [2.75, 3.05) is 0 Å². The van der Waals surface area contributed by atoms with Crippen molar-refractivity contribution in [2.24, 2.45) is 0 Å². The fourth-order valence-electron chi connectivity index (χ4n) is 9.07. The first-order valence-corrected chi connectivity index (χ1v) is 19.8. The molecule has 0 spiro atoms. The Bertz CT molecular complexity index is 3530. The van der Waals surface area contributed by atoms with Crippen LogP contribution in [0.2, 0.25) is 0 Å². The van der Waals surface area contributed by atoms with Crippen molar-refractivity contribution in [3.8, 4) is 45.0 Å². The van der Waals surface area contributed by atoms with E-state index in [1.54, 1.807) is 0 Å². The van der Waals surface area contributed by atoms with Gasteiger partial charge in [0.1, 0.15) is 5.69 Å². The number of para-hydroxylation sites is 4. The molecular formula is C54H34N4. The number of rotatable bonds is 5. The van der Waals surface area contributed by atoms with E-state index in [9.17, 15) is 0 Å². The van der Waals surface area contributed by atoms with Gasteiger partial charge in [0.05, 0.1) is 33.1 Å². The molecule has 3 aromatic heterocycles. The molecule has 0 bridgehead atoms. The summed E-state index contributed by atoms with van der Waals surface area (Å²) in [4.78, 5) is 10.8. The molecule has 0 N–H and O–H groups in total. The highest BCUT2D eigenvalue weighted by Gasteiger charge is 2.23. The van der Waals surface area contributed by atoms with Gasteiger partial charge in [-0.1, -0.05) is 158 Å². The second-order valence-electron chi connectivity index (χ2n) is 15.0. The van der Waals surface area contributed by atoms with Crippen molar-refractivity contribution >= 4 is 65.4 Å². The van der Waals surface area contributed by atoms with E-state index in [1.807, 2.05) is 12.1 Å². The topological polar surface area (TPSA) is 35.6 Å². The molecule has 0 saturated heterocycles. The van der Waals surface area contributed by atoms with Crippen molar-refractivity contribution in [1.29, 1.82) is 0 Å². The lowest BCUT2D eigenvalue weighted by Crippen LogP contribution is -2.04. The van der Waals surface area contributed by atoms with Gasteiger partial charge in [0.25, 0.3) is 0 Å². The van der Waals surface area contributed by atoms with Gasteiger partial charge in [0.2, 0.25) is 0 Å². The average Bonchev–Trinajstić information content (AvgIpc) is 3.80. The molecule has 3 heterocycles. The molecule has 0 saturated carbocycles. The van der Waals surface area contributed by atoms with E-state index in [1.165, 1.54) is 54.5 Å². The molecule has 4 heteroatoms. The summed E-state index contributed by atoms with van der Waals surface area (Å²) in [5.41, 5.74) is 13.9. The smallest absolute Gasteiger partial charge is 0.165 e. The molecule has 0 amide bonds. The number of aromatic nitrogens is 4. The molecule has 0 fully saturated rings. The highest BCUT2D eigenvalue weighted by atomic mass is 15.1. The van der Waals surface area contributed by atoms with Gasteiger partial charge in [-0.3, -0.25) is 4.57 Å². The van der Waals surface area contributed by atoms with Crippen molar-refractivity contribution in [3.05, 3.63) is 206 Å². The monoisotopic (exact) mass is 738 g/mol. The van der Waals surface area contributed by atoms with Crippen LogP contribution in [0.3, 0.4) is 0 Å². The van der Waals surface area contributed by atoms with Crippen LogP contribution in [0.15, 0.2) is 206 Å². The Morgan fingerprint density at radius 2 is 0.862 bits per heavy atom. The molecular weight excluding hydrogens is 705 g/mol. The van der Waals surface area contributed by atoms with Gasteiger partial charge in [-0.15, -0.1) is 0 Å². The molecule has 0 aliphatic heterocycles. The van der Waals surface area contributed by atoms with E-state index in [0.29, 0.717) is 0 Å². The van der Waals surface area contributed by atoms with Crippen molar-refractivity contribution in [2.45, 2.75) is 0 Å². The molecule has 12 aromatic rings. The van der Waals surface area contributed by atoms with E-state index >= 15 is 0 Å². The Hall–Kier alpha value is -7.82. The van der Waals surface area contributed by atoms with Gasteiger partial charge in [-0.2, -0.15) is 0 Å². The minimum atomic E-state index is 0.802. The predicted octanol–water partition coefficient (Wildman–Crippen LogP) is 14.0. The SMILES string of the molecule is c1ccc(-c2ccc(-c3nc4ccccc4nc3-n3c4ccccc4c4cc5c6c7ccccc7c(-c7ccccc7)cc6n(-c6ccccc6)c5cc43)cc2)cc1. The van der Waals surface area contributed by atoms with E-state index < -0.39 is 0 Å². The van der Waals surface area contributed by atoms with Crippen LogP contribution in [0.1, 0.15) is 0 Å². The highest BCUT2D eigenvalue weighted by Crippen LogP contribution is 2.45. The van der Waals surface area contributed by atoms with Crippen LogP contribution in [0.5, 0.6) is 0 Å². The Kier molecular flexibility index (Phi) is 7.20. The zero-order chi connectivity index (χ0) is 38.2. The number of nitrogens with zero attached hydrogens (tertiary/aromatic N) is 4. The summed E-state index contributed by atoms with van der Waals surface area (Å²) in [7, 11) is 0. The molecule has 9 aromatic carbocycles. The molecule has 58 heavy (non-hydrogen) atoms. The number of benzene rings is 9. The van der Waals surface area contributed by atoms with Gasteiger partial charge in [0.15, 0.2) is 5.82 Å². The summed E-state index contributed by atoms with van der Waals surface area (Å²) in [6, 6.07) is 73.7. The molecule has 0 radical (unpaired) electrons. The van der Waals surface area contributed by atoms with Crippen LogP contribution in [0, 0.1) is 0 Å². The van der Waals surface area contributed by atoms with E-state index in [0.717, 1.165) is 55.9 Å². The largest absolute Gasteiger partial charge is 0.309 e. The van der Waals surface area contributed by atoms with Gasteiger partial charge in [0, 0.05) is 32.8 Å². The Labute approximate surface area is 334 Å². The maximum absolute atomic E-state index is 5.46. The summed E-state index contributed by atoms with van der Waals surface area (Å²) in [6.07, 6.45) is 0. The molecule has 0 aliphatic carbocycles. The van der Waals surface area contributed by atoms with Gasteiger partial charge < -0.3 is 4.57 Å². The Morgan fingerprint density at radius 3 is 1.60 bits per heavy atom. The Balaban J connectivity index is 1.20. The third-order valence-electron chi connectivity index (χ3n) is 11.7. The highest BCUT2D eigenvalue weighted by molar-refractivity contribution is 6.27. The first kappa shape index (κ1) is 32.4. The maximum Gasteiger partial charge on any atom is 0.165 e. The van der Waals surface area contributed by atoms with Gasteiger partial charge in [-0.25, -0.2) is 9.97 Å². The molecule has 0 unspecified atom stereocenters. The molecule has 270 valence electrons. The molecule has 12 rings (SSSR count). The minimum absolute atomic E-state index is 0.802.